The van der Waals surface area contributed by atoms with Gasteiger partial charge in [0.15, 0.2) is 11.6 Å². The van der Waals surface area contributed by atoms with Crippen molar-refractivity contribution in [2.24, 2.45) is 0 Å². The number of hydrogen-bond donors (Lipinski definition) is 0. The predicted molar refractivity (Wildman–Crippen MR) is 75.5 cm³/mol. The molecule has 0 atom stereocenters. The van der Waals surface area contributed by atoms with Crippen LogP contribution in [-0.4, -0.2) is 17.7 Å². The minimum atomic E-state index is -0.147. The van der Waals surface area contributed by atoms with Crippen LogP contribution in [0.15, 0.2) is 42.5 Å². The van der Waals surface area contributed by atoms with E-state index in [2.05, 4.69) is 0 Å². The SMILES string of the molecule is CC(C)Oc1cccc2c1C(=O)c1ccccc1C2=O. The van der Waals surface area contributed by atoms with Crippen LogP contribution in [0.4, 0.5) is 0 Å². The van der Waals surface area contributed by atoms with Gasteiger partial charge in [0.05, 0.1) is 11.7 Å². The first-order valence-corrected chi connectivity index (χ1v) is 6.57. The minimum absolute atomic E-state index is 0.0541. The smallest absolute Gasteiger partial charge is 0.198 e. The lowest BCUT2D eigenvalue weighted by molar-refractivity contribution is 0.0974. The predicted octanol–water partition coefficient (Wildman–Crippen LogP) is 3.25. The second-order valence-corrected chi connectivity index (χ2v) is 5.05. The van der Waals surface area contributed by atoms with Gasteiger partial charge in [-0.05, 0) is 19.9 Å². The van der Waals surface area contributed by atoms with E-state index in [0.29, 0.717) is 28.0 Å². The zero-order chi connectivity index (χ0) is 14.3. The van der Waals surface area contributed by atoms with Gasteiger partial charge in [-0.2, -0.15) is 0 Å². The monoisotopic (exact) mass is 266 g/mol. The van der Waals surface area contributed by atoms with E-state index in [4.69, 9.17) is 4.74 Å². The summed E-state index contributed by atoms with van der Waals surface area (Å²) in [4.78, 5) is 25.1. The molecule has 0 aromatic heterocycles. The van der Waals surface area contributed by atoms with E-state index < -0.39 is 0 Å². The Morgan fingerprint density at radius 2 is 1.40 bits per heavy atom. The summed E-state index contributed by atoms with van der Waals surface area (Å²) in [6, 6.07) is 12.1. The number of fused-ring (bicyclic) bond motifs is 2. The van der Waals surface area contributed by atoms with E-state index >= 15 is 0 Å². The molecule has 3 rings (SSSR count). The highest BCUT2D eigenvalue weighted by Gasteiger charge is 2.31. The van der Waals surface area contributed by atoms with E-state index in [1.807, 2.05) is 13.8 Å². The van der Waals surface area contributed by atoms with Gasteiger partial charge in [0, 0.05) is 16.7 Å². The molecule has 2 aromatic carbocycles. The number of rotatable bonds is 2. The van der Waals surface area contributed by atoms with Gasteiger partial charge in [0.2, 0.25) is 0 Å². The molecule has 20 heavy (non-hydrogen) atoms. The van der Waals surface area contributed by atoms with E-state index in [0.717, 1.165) is 0 Å². The fourth-order valence-electron chi connectivity index (χ4n) is 2.47. The summed E-state index contributed by atoms with van der Waals surface area (Å²) in [5, 5.41) is 0. The van der Waals surface area contributed by atoms with Gasteiger partial charge in [-0.3, -0.25) is 9.59 Å². The number of carbonyl (C=O) groups is 2. The summed E-state index contributed by atoms with van der Waals surface area (Å²) in [6.45, 7) is 3.78. The van der Waals surface area contributed by atoms with E-state index in [9.17, 15) is 9.59 Å². The van der Waals surface area contributed by atoms with Crippen LogP contribution in [0.25, 0.3) is 0 Å². The Hall–Kier alpha value is -2.42. The average molecular weight is 266 g/mol. The van der Waals surface area contributed by atoms with Crippen LogP contribution >= 0.6 is 0 Å². The molecule has 0 aliphatic heterocycles. The van der Waals surface area contributed by atoms with Crippen molar-refractivity contribution in [3.63, 3.8) is 0 Å². The molecule has 0 amide bonds. The van der Waals surface area contributed by atoms with Crippen molar-refractivity contribution in [1.29, 1.82) is 0 Å². The molecule has 2 aromatic rings. The number of carbonyl (C=O) groups excluding carboxylic acids is 2. The van der Waals surface area contributed by atoms with Crippen LogP contribution in [-0.2, 0) is 0 Å². The Labute approximate surface area is 117 Å². The van der Waals surface area contributed by atoms with Crippen LogP contribution in [0, 0.1) is 0 Å². The molecule has 0 unspecified atom stereocenters. The highest BCUT2D eigenvalue weighted by Crippen LogP contribution is 2.33. The highest BCUT2D eigenvalue weighted by atomic mass is 16.5. The van der Waals surface area contributed by atoms with Gasteiger partial charge in [-0.1, -0.05) is 36.4 Å². The van der Waals surface area contributed by atoms with Crippen LogP contribution < -0.4 is 4.74 Å². The largest absolute Gasteiger partial charge is 0.490 e. The summed E-state index contributed by atoms with van der Waals surface area (Å²) in [5.41, 5.74) is 1.72. The van der Waals surface area contributed by atoms with Crippen molar-refractivity contribution < 1.29 is 14.3 Å². The van der Waals surface area contributed by atoms with Gasteiger partial charge in [0.1, 0.15) is 5.75 Å². The first-order chi connectivity index (χ1) is 9.59. The molecule has 3 nitrogen and oxygen atoms in total. The van der Waals surface area contributed by atoms with E-state index in [1.165, 1.54) is 0 Å². The standard InChI is InChI=1S/C17H14O3/c1-10(2)20-14-9-5-8-13-15(14)17(19)12-7-4-3-6-11(12)16(13)18/h3-10H,1-2H3. The van der Waals surface area contributed by atoms with Crippen molar-refractivity contribution >= 4 is 11.6 Å². The molecule has 3 heteroatoms. The molecule has 0 saturated heterocycles. The van der Waals surface area contributed by atoms with Crippen molar-refractivity contribution in [3.8, 4) is 5.75 Å². The molecule has 0 saturated carbocycles. The van der Waals surface area contributed by atoms with Crippen LogP contribution in [0.5, 0.6) is 5.75 Å². The molecular formula is C17H14O3. The third kappa shape index (κ3) is 1.83. The molecule has 1 aliphatic carbocycles. The summed E-state index contributed by atoms with van der Waals surface area (Å²) in [7, 11) is 0. The van der Waals surface area contributed by atoms with Crippen molar-refractivity contribution in [1.82, 2.24) is 0 Å². The second-order valence-electron chi connectivity index (χ2n) is 5.05. The maximum Gasteiger partial charge on any atom is 0.198 e. The minimum Gasteiger partial charge on any atom is -0.490 e. The maximum absolute atomic E-state index is 12.6. The number of ketones is 2. The lowest BCUT2D eigenvalue weighted by atomic mass is 9.83. The first kappa shape index (κ1) is 12.6. The van der Waals surface area contributed by atoms with Gasteiger partial charge in [-0.15, -0.1) is 0 Å². The van der Waals surface area contributed by atoms with Crippen molar-refractivity contribution in [3.05, 3.63) is 64.7 Å². The summed E-state index contributed by atoms with van der Waals surface area (Å²) < 4.78 is 5.67. The molecular weight excluding hydrogens is 252 g/mol. The van der Waals surface area contributed by atoms with Crippen molar-refractivity contribution in [2.75, 3.05) is 0 Å². The Morgan fingerprint density at radius 1 is 0.800 bits per heavy atom. The molecule has 0 bridgehead atoms. The first-order valence-electron chi connectivity index (χ1n) is 6.57. The molecule has 0 heterocycles. The Bertz CT molecular complexity index is 714. The van der Waals surface area contributed by atoms with Crippen LogP contribution in [0.3, 0.4) is 0 Å². The third-order valence-electron chi connectivity index (χ3n) is 3.28. The number of ether oxygens (including phenoxy) is 1. The van der Waals surface area contributed by atoms with Crippen LogP contribution in [0.2, 0.25) is 0 Å². The number of benzene rings is 2. The Balaban J connectivity index is 2.23. The summed E-state index contributed by atoms with van der Waals surface area (Å²) in [5.74, 6) is 0.209. The Morgan fingerprint density at radius 3 is 2.05 bits per heavy atom. The molecule has 0 fully saturated rings. The normalized spacial score (nSPS) is 13.2. The maximum atomic E-state index is 12.6. The fraction of sp³-hybridized carbons (Fsp3) is 0.176. The topological polar surface area (TPSA) is 43.4 Å². The lowest BCUT2D eigenvalue weighted by Crippen LogP contribution is -2.22. The molecule has 100 valence electrons. The zero-order valence-corrected chi connectivity index (χ0v) is 11.3. The Kier molecular flexibility index (Phi) is 2.90. The van der Waals surface area contributed by atoms with Crippen LogP contribution in [0.1, 0.15) is 45.7 Å². The van der Waals surface area contributed by atoms with Gasteiger partial charge in [0.25, 0.3) is 0 Å². The van der Waals surface area contributed by atoms with Gasteiger partial charge in [-0.25, -0.2) is 0 Å². The average Bonchev–Trinajstić information content (AvgIpc) is 2.44. The molecule has 0 N–H and O–H groups in total. The molecule has 0 spiro atoms. The second kappa shape index (κ2) is 4.60. The third-order valence-corrected chi connectivity index (χ3v) is 3.28. The summed E-state index contributed by atoms with van der Waals surface area (Å²) >= 11 is 0. The lowest BCUT2D eigenvalue weighted by Gasteiger charge is -2.21. The van der Waals surface area contributed by atoms with Gasteiger partial charge < -0.3 is 4.74 Å². The van der Waals surface area contributed by atoms with Gasteiger partial charge >= 0.3 is 0 Å². The van der Waals surface area contributed by atoms with E-state index in [1.54, 1.807) is 42.5 Å². The quantitative estimate of drug-likeness (QED) is 0.715. The van der Waals surface area contributed by atoms with E-state index in [-0.39, 0.29) is 17.7 Å². The molecule has 1 aliphatic rings. The molecule has 0 radical (unpaired) electrons. The number of hydrogen-bond acceptors (Lipinski definition) is 3. The fourth-order valence-corrected chi connectivity index (χ4v) is 2.47. The summed E-state index contributed by atoms with van der Waals surface area (Å²) in [6.07, 6.45) is -0.0541. The zero-order valence-electron chi connectivity index (χ0n) is 11.3. The highest BCUT2D eigenvalue weighted by molar-refractivity contribution is 6.29. The van der Waals surface area contributed by atoms with Crippen molar-refractivity contribution in [2.45, 2.75) is 20.0 Å².